The van der Waals surface area contributed by atoms with E-state index in [1.54, 1.807) is 22.2 Å². The van der Waals surface area contributed by atoms with Gasteiger partial charge in [0.25, 0.3) is 5.56 Å². The summed E-state index contributed by atoms with van der Waals surface area (Å²) in [7, 11) is 0. The Hall–Kier alpha value is -2.84. The van der Waals surface area contributed by atoms with Gasteiger partial charge in [0.1, 0.15) is 9.84 Å². The number of benzene rings is 1. The Morgan fingerprint density at radius 2 is 2.13 bits per heavy atom. The number of anilines is 1. The molecule has 0 spiro atoms. The molecular formula is C23H22N4O2S2. The molecule has 3 aromatic heterocycles. The van der Waals surface area contributed by atoms with Crippen molar-refractivity contribution < 1.29 is 4.79 Å². The second-order valence-corrected chi connectivity index (χ2v) is 10.1. The van der Waals surface area contributed by atoms with E-state index in [2.05, 4.69) is 22.2 Å². The van der Waals surface area contributed by atoms with Crippen molar-refractivity contribution in [2.45, 2.75) is 39.2 Å². The third kappa shape index (κ3) is 4.18. The van der Waals surface area contributed by atoms with E-state index in [4.69, 9.17) is 0 Å². The quantitative estimate of drug-likeness (QED) is 0.493. The summed E-state index contributed by atoms with van der Waals surface area (Å²) in [5.41, 5.74) is 2.74. The number of carbonyl (C=O) groups is 1. The molecule has 1 aliphatic rings. The number of amides is 1. The Morgan fingerprint density at radius 3 is 2.97 bits per heavy atom. The first kappa shape index (κ1) is 20.1. The van der Waals surface area contributed by atoms with Crippen LogP contribution in [0.5, 0.6) is 0 Å². The number of para-hydroxylation sites is 1. The summed E-state index contributed by atoms with van der Waals surface area (Å²) < 4.78 is 1.64. The Kier molecular flexibility index (Phi) is 5.41. The molecule has 0 saturated carbocycles. The number of carbonyl (C=O) groups excluding carboxylic acids is 1. The highest BCUT2D eigenvalue weighted by Gasteiger charge is 2.23. The predicted octanol–water partition coefficient (Wildman–Crippen LogP) is 4.27. The summed E-state index contributed by atoms with van der Waals surface area (Å²) >= 11 is 3.10. The minimum absolute atomic E-state index is 0.00780. The molecule has 4 aromatic rings. The largest absolute Gasteiger partial charge is 0.326 e. The number of thiazole rings is 1. The number of aryl methyl sites for hydroxylation is 1. The molecule has 1 aromatic carbocycles. The third-order valence-electron chi connectivity index (χ3n) is 5.58. The molecule has 1 aliphatic carbocycles. The molecule has 3 heterocycles. The van der Waals surface area contributed by atoms with Crippen LogP contribution in [0.2, 0.25) is 0 Å². The predicted molar refractivity (Wildman–Crippen MR) is 125 cm³/mol. The van der Waals surface area contributed by atoms with Crippen molar-refractivity contribution in [1.82, 2.24) is 14.5 Å². The molecule has 1 amide bonds. The second-order valence-electron chi connectivity index (χ2n) is 8.03. The SMILES string of the molecule is CC1CCc2c(sc3ncn(Cc4csc(CC(=O)Nc5ccccc5)n4)c(=O)c23)C1. The first-order valence-corrected chi connectivity index (χ1v) is 12.0. The monoisotopic (exact) mass is 450 g/mol. The van der Waals surface area contributed by atoms with Crippen molar-refractivity contribution in [3.63, 3.8) is 0 Å². The van der Waals surface area contributed by atoms with E-state index in [-0.39, 0.29) is 17.9 Å². The van der Waals surface area contributed by atoms with Crippen LogP contribution in [0.4, 0.5) is 5.69 Å². The first-order valence-electron chi connectivity index (χ1n) is 10.3. The standard InChI is InChI=1S/C23H22N4O2S2/c1-14-7-8-17-18(9-14)31-22-21(17)23(29)27(13-24-22)11-16-12-30-20(26-16)10-19(28)25-15-5-3-2-4-6-15/h2-6,12-14H,7-11H2,1H3,(H,25,28). The molecule has 158 valence electrons. The second kappa shape index (κ2) is 8.36. The minimum atomic E-state index is -0.105. The van der Waals surface area contributed by atoms with E-state index >= 15 is 0 Å². The van der Waals surface area contributed by atoms with Gasteiger partial charge in [0.05, 0.1) is 30.4 Å². The van der Waals surface area contributed by atoms with Crippen LogP contribution in [0, 0.1) is 5.92 Å². The van der Waals surface area contributed by atoms with E-state index in [9.17, 15) is 9.59 Å². The lowest BCUT2D eigenvalue weighted by Gasteiger charge is -2.17. The summed E-state index contributed by atoms with van der Waals surface area (Å²) in [5.74, 6) is 0.557. The van der Waals surface area contributed by atoms with Crippen molar-refractivity contribution in [3.05, 3.63) is 73.5 Å². The molecule has 8 heteroatoms. The summed E-state index contributed by atoms with van der Waals surface area (Å²) in [6.07, 6.45) is 4.94. The fourth-order valence-electron chi connectivity index (χ4n) is 4.02. The maximum Gasteiger partial charge on any atom is 0.262 e. The fraction of sp³-hybridized carbons (Fsp3) is 0.304. The zero-order chi connectivity index (χ0) is 21.4. The smallest absolute Gasteiger partial charge is 0.262 e. The van der Waals surface area contributed by atoms with Crippen LogP contribution in [0.25, 0.3) is 10.2 Å². The number of aromatic nitrogens is 3. The highest BCUT2D eigenvalue weighted by atomic mass is 32.1. The summed E-state index contributed by atoms with van der Waals surface area (Å²) in [4.78, 5) is 36.7. The summed E-state index contributed by atoms with van der Waals surface area (Å²) in [6, 6.07) is 9.37. The van der Waals surface area contributed by atoms with Crippen LogP contribution in [0.1, 0.15) is 34.5 Å². The van der Waals surface area contributed by atoms with Gasteiger partial charge in [0.15, 0.2) is 0 Å². The van der Waals surface area contributed by atoms with Crippen LogP contribution >= 0.6 is 22.7 Å². The fourth-order valence-corrected chi connectivity index (χ4v) is 6.14. The Bertz CT molecular complexity index is 1310. The number of fused-ring (bicyclic) bond motifs is 3. The highest BCUT2D eigenvalue weighted by molar-refractivity contribution is 7.18. The molecule has 0 radical (unpaired) electrons. The van der Waals surface area contributed by atoms with Crippen molar-refractivity contribution >= 4 is 44.5 Å². The molecule has 31 heavy (non-hydrogen) atoms. The molecule has 5 rings (SSSR count). The van der Waals surface area contributed by atoms with E-state index < -0.39 is 0 Å². The van der Waals surface area contributed by atoms with Gasteiger partial charge in [-0.05, 0) is 42.9 Å². The molecule has 0 aliphatic heterocycles. The Balaban J connectivity index is 1.33. The van der Waals surface area contributed by atoms with Gasteiger partial charge >= 0.3 is 0 Å². The van der Waals surface area contributed by atoms with Crippen LogP contribution in [0.3, 0.4) is 0 Å². The third-order valence-corrected chi connectivity index (χ3v) is 7.64. The van der Waals surface area contributed by atoms with E-state index in [1.807, 2.05) is 35.7 Å². The number of rotatable bonds is 5. The lowest BCUT2D eigenvalue weighted by molar-refractivity contribution is -0.115. The van der Waals surface area contributed by atoms with Gasteiger partial charge in [0.2, 0.25) is 5.91 Å². The molecule has 0 bridgehead atoms. The number of hydrogen-bond acceptors (Lipinski definition) is 6. The average Bonchev–Trinajstić information content (AvgIpc) is 3.34. The van der Waals surface area contributed by atoms with Crippen molar-refractivity contribution in [2.75, 3.05) is 5.32 Å². The normalized spacial score (nSPS) is 15.7. The maximum atomic E-state index is 13.2. The molecule has 1 atom stereocenters. The number of nitrogens with one attached hydrogen (secondary N) is 1. The Morgan fingerprint density at radius 1 is 1.29 bits per heavy atom. The van der Waals surface area contributed by atoms with Gasteiger partial charge in [0, 0.05) is 15.9 Å². The van der Waals surface area contributed by atoms with Gasteiger partial charge in [-0.15, -0.1) is 22.7 Å². The molecule has 0 saturated heterocycles. The van der Waals surface area contributed by atoms with Crippen molar-refractivity contribution in [1.29, 1.82) is 0 Å². The van der Waals surface area contributed by atoms with E-state index in [0.29, 0.717) is 12.5 Å². The highest BCUT2D eigenvalue weighted by Crippen LogP contribution is 2.35. The van der Waals surface area contributed by atoms with Gasteiger partial charge in [-0.2, -0.15) is 0 Å². The van der Waals surface area contributed by atoms with Crippen LogP contribution in [-0.2, 0) is 30.6 Å². The molecule has 1 unspecified atom stereocenters. The zero-order valence-electron chi connectivity index (χ0n) is 17.1. The van der Waals surface area contributed by atoms with E-state index in [1.165, 1.54) is 21.8 Å². The van der Waals surface area contributed by atoms with Gasteiger partial charge < -0.3 is 5.32 Å². The molecule has 6 nitrogen and oxygen atoms in total. The lowest BCUT2D eigenvalue weighted by atomic mass is 9.89. The number of thiophene rings is 1. The first-order chi connectivity index (χ1) is 15.1. The molecular weight excluding hydrogens is 428 g/mol. The zero-order valence-corrected chi connectivity index (χ0v) is 18.8. The molecule has 0 fully saturated rings. The number of hydrogen-bond donors (Lipinski definition) is 1. The average molecular weight is 451 g/mol. The van der Waals surface area contributed by atoms with Crippen LogP contribution < -0.4 is 10.9 Å². The maximum absolute atomic E-state index is 13.2. The number of nitrogens with zero attached hydrogens (tertiary/aromatic N) is 3. The minimum Gasteiger partial charge on any atom is -0.326 e. The topological polar surface area (TPSA) is 76.9 Å². The lowest BCUT2D eigenvalue weighted by Crippen LogP contribution is -2.22. The van der Waals surface area contributed by atoms with Crippen molar-refractivity contribution in [3.8, 4) is 0 Å². The van der Waals surface area contributed by atoms with E-state index in [0.717, 1.165) is 45.9 Å². The van der Waals surface area contributed by atoms with Crippen molar-refractivity contribution in [2.24, 2.45) is 5.92 Å². The summed E-state index contributed by atoms with van der Waals surface area (Å²) in [5, 5.41) is 6.29. The van der Waals surface area contributed by atoms with Gasteiger partial charge in [-0.25, -0.2) is 9.97 Å². The summed E-state index contributed by atoms with van der Waals surface area (Å²) in [6.45, 7) is 2.62. The van der Waals surface area contributed by atoms with Gasteiger partial charge in [-0.3, -0.25) is 14.2 Å². The molecule has 1 N–H and O–H groups in total. The van der Waals surface area contributed by atoms with Gasteiger partial charge in [-0.1, -0.05) is 25.1 Å². The Labute approximate surface area is 187 Å². The van der Waals surface area contributed by atoms with Crippen LogP contribution in [0.15, 0.2) is 46.8 Å². The van der Waals surface area contributed by atoms with Crippen LogP contribution in [-0.4, -0.2) is 20.4 Å².